The quantitative estimate of drug-likeness (QED) is 0.0191. The number of carboxylic acids is 1. The molecule has 81 heavy (non-hydrogen) atoms. The molecule has 0 aliphatic carbocycles. The number of pyridine rings is 5. The van der Waals surface area contributed by atoms with E-state index in [0.29, 0.717) is 39.4 Å². The molecule has 5 rings (SSSR count). The second kappa shape index (κ2) is 40.6. The molecule has 454 valence electrons. The molecule has 0 saturated heterocycles. The lowest BCUT2D eigenvalue weighted by molar-refractivity contribution is -0.893. The Balaban J connectivity index is -0.000000428. The van der Waals surface area contributed by atoms with Gasteiger partial charge in [-0.15, -0.1) is 0 Å². The number of nitrogens with one attached hydrogen (secondary N) is 3. The van der Waals surface area contributed by atoms with Crippen LogP contribution in [-0.4, -0.2) is 94.2 Å². The van der Waals surface area contributed by atoms with E-state index in [1.807, 2.05) is 121 Å². The summed E-state index contributed by atoms with van der Waals surface area (Å²) in [7, 11) is 0. The number of carbonyl (C=O) groups is 5. The van der Waals surface area contributed by atoms with E-state index in [2.05, 4.69) is 61.6 Å². The van der Waals surface area contributed by atoms with E-state index >= 15 is 0 Å². The Bertz CT molecular complexity index is 2570. The molecule has 5 aromatic rings. The highest BCUT2D eigenvalue weighted by molar-refractivity contribution is 6.64. The van der Waals surface area contributed by atoms with E-state index in [1.165, 1.54) is 25.8 Å². The van der Waals surface area contributed by atoms with Gasteiger partial charge in [-0.3, -0.25) is 29.7 Å². The summed E-state index contributed by atoms with van der Waals surface area (Å²) in [6.07, 6.45) is 4.88. The maximum atomic E-state index is 11.7. The van der Waals surface area contributed by atoms with E-state index in [9.17, 15) is 24.4 Å². The predicted molar refractivity (Wildman–Crippen MR) is 330 cm³/mol. The molecule has 0 radical (unpaired) electrons. The highest BCUT2D eigenvalue weighted by Crippen LogP contribution is 2.20. The van der Waals surface area contributed by atoms with Crippen LogP contribution in [0, 0.1) is 56.3 Å². The van der Waals surface area contributed by atoms with Crippen molar-refractivity contribution < 1.29 is 49.5 Å². The number of carbonyl (C=O) groups excluding carboxylic acids is 4. The Labute approximate surface area is 496 Å². The van der Waals surface area contributed by atoms with Gasteiger partial charge in [0.1, 0.15) is 39.8 Å². The van der Waals surface area contributed by atoms with Gasteiger partial charge >= 0.3 is 11.7 Å². The summed E-state index contributed by atoms with van der Waals surface area (Å²) in [4.78, 5) is 72.2. The van der Waals surface area contributed by atoms with Crippen molar-refractivity contribution in [2.75, 3.05) is 47.1 Å². The number of carboxylic acid groups (broad SMARTS) is 1. The lowest BCUT2D eigenvalue weighted by Gasteiger charge is -2.17. The molecule has 0 aliphatic rings. The monoisotopic (exact) mass is 1190 g/mol. The smallest absolute Gasteiger partial charge is 0.321 e. The Morgan fingerprint density at radius 1 is 0.543 bits per heavy atom. The number of aromatic nitrogens is 5. The number of anilines is 5. The molecule has 0 atom stereocenters. The SMILES string of the molecule is CC(=O)O.CC(C)(C)C(=O)Cl.CCN(CC)CC.Cc1cc(Cl)nc(NC(=O)C(C)(C)C)c1.Cc1cc(N)nc(Cl)c1.Cc1cc[n+](O)c(NC(=O)C(C)(C)C)c1.Cc1ccnc(N)c1.Cc1ccnc(NC(=O)C(C)(C)C)c1.OO. The molecule has 0 fully saturated rings. The van der Waals surface area contributed by atoms with Crippen molar-refractivity contribution in [2.24, 2.45) is 21.7 Å². The highest BCUT2D eigenvalue weighted by Gasteiger charge is 2.27. The van der Waals surface area contributed by atoms with Crippen LogP contribution in [0.3, 0.4) is 0 Å². The summed E-state index contributed by atoms with van der Waals surface area (Å²) in [5.41, 5.74) is 14.3. The molecule has 0 bridgehead atoms. The molecule has 5 heterocycles. The van der Waals surface area contributed by atoms with Crippen LogP contribution in [0.5, 0.6) is 0 Å². The van der Waals surface area contributed by atoms with Gasteiger partial charge in [0.25, 0.3) is 5.97 Å². The molecule has 23 heteroatoms. The molecule has 20 nitrogen and oxygen atoms in total. The first kappa shape index (κ1) is 80.9. The first-order valence-electron chi connectivity index (χ1n) is 25.6. The highest BCUT2D eigenvalue weighted by atomic mass is 35.5. The minimum atomic E-state index is -0.833. The number of aryl methyl sites for hydroxylation is 5. The van der Waals surface area contributed by atoms with Crippen molar-refractivity contribution in [3.05, 3.63) is 117 Å². The minimum Gasteiger partial charge on any atom is -0.481 e. The molecule has 0 unspecified atom stereocenters. The van der Waals surface area contributed by atoms with Crippen molar-refractivity contribution in [2.45, 2.75) is 145 Å². The van der Waals surface area contributed by atoms with Gasteiger partial charge in [0.2, 0.25) is 17.1 Å². The first-order valence-corrected chi connectivity index (χ1v) is 26.7. The molecule has 0 aliphatic heterocycles. The fourth-order valence-electron chi connectivity index (χ4n) is 4.78. The van der Waals surface area contributed by atoms with E-state index in [0.717, 1.165) is 39.5 Å². The van der Waals surface area contributed by atoms with Gasteiger partial charge in [-0.2, -0.15) is 0 Å². The summed E-state index contributed by atoms with van der Waals surface area (Å²) in [6, 6.07) is 18.0. The van der Waals surface area contributed by atoms with E-state index in [-0.39, 0.29) is 33.8 Å². The fraction of sp³-hybridized carbons (Fsp3) is 0.483. The van der Waals surface area contributed by atoms with Gasteiger partial charge in [-0.1, -0.05) is 111 Å². The molecule has 0 spiro atoms. The lowest BCUT2D eigenvalue weighted by atomic mass is 9.96. The Kier molecular flexibility index (Phi) is 40.6. The second-order valence-corrected chi connectivity index (χ2v) is 23.0. The maximum Gasteiger partial charge on any atom is 0.321 e. The zero-order chi connectivity index (χ0) is 64.2. The van der Waals surface area contributed by atoms with Crippen LogP contribution in [0.4, 0.5) is 29.1 Å². The van der Waals surface area contributed by atoms with Crippen LogP contribution in [0.1, 0.15) is 139 Å². The van der Waals surface area contributed by atoms with Crippen LogP contribution >= 0.6 is 34.8 Å². The van der Waals surface area contributed by atoms with Crippen molar-refractivity contribution in [3.63, 3.8) is 0 Å². The summed E-state index contributed by atoms with van der Waals surface area (Å²) in [5.74, 6) is 1.51. The maximum absolute atomic E-state index is 11.7. The average molecular weight is 1190 g/mol. The van der Waals surface area contributed by atoms with E-state index in [1.54, 1.807) is 69.6 Å². The first-order chi connectivity index (χ1) is 37.0. The van der Waals surface area contributed by atoms with Crippen LogP contribution in [-0.2, 0) is 24.0 Å². The molecular weight excluding hydrogens is 1100 g/mol. The number of hydrogen-bond acceptors (Lipinski definition) is 15. The van der Waals surface area contributed by atoms with Crippen LogP contribution in [0.2, 0.25) is 10.3 Å². The van der Waals surface area contributed by atoms with E-state index in [4.69, 9.17) is 66.7 Å². The number of nitrogens with zero attached hydrogens (tertiary/aromatic N) is 6. The third kappa shape index (κ3) is 43.9. The van der Waals surface area contributed by atoms with Gasteiger partial charge in [0.15, 0.2) is 0 Å². The number of nitrogens with two attached hydrogens (primary N) is 2. The Morgan fingerprint density at radius 2 is 0.889 bits per heavy atom. The fourth-order valence-corrected chi connectivity index (χ4v) is 5.31. The van der Waals surface area contributed by atoms with Crippen molar-refractivity contribution >= 4 is 92.8 Å². The molecule has 3 amide bonds. The Morgan fingerprint density at radius 3 is 1.21 bits per heavy atom. The average Bonchev–Trinajstić information content (AvgIpc) is 3.30. The number of halogens is 3. The number of rotatable bonds is 6. The van der Waals surface area contributed by atoms with Gasteiger partial charge in [-0.05, 0) is 169 Å². The Hall–Kier alpha value is -6.55. The third-order valence-corrected chi connectivity index (χ3v) is 10.5. The van der Waals surface area contributed by atoms with Gasteiger partial charge in [0, 0.05) is 41.6 Å². The lowest BCUT2D eigenvalue weighted by Crippen LogP contribution is -2.38. The third-order valence-electron chi connectivity index (χ3n) is 9.54. The number of nitrogen functional groups attached to an aromatic ring is 2. The van der Waals surface area contributed by atoms with Crippen molar-refractivity contribution in [1.29, 1.82) is 0 Å². The second-order valence-electron chi connectivity index (χ2n) is 21.9. The normalized spacial score (nSPS) is 10.3. The van der Waals surface area contributed by atoms with Crippen LogP contribution in [0.15, 0.2) is 79.3 Å². The standard InChI is InChI=1S/C11H15ClN2O.C11H16N2O2.C11H16N2O.C6H7ClN2.C6H8N2.C6H15N.C5H9ClO.C2H4O2.H2O2/c1-7-5-8(12)13-9(6-7)14-10(15)11(2,3)4;1-8-5-6-13(15)9(7-8)12-10(14)11(2,3)4;1-8-5-6-12-9(7-8)13-10(14)11(2,3)4;1-4-2-5(7)9-6(8)3-4;1-5-2-3-8-6(7)4-5;1-4-7(5-2)6-3;1-5(2,3)4(6)7;1-2(3)4;1-2/h5-6H,1-4H3,(H,13,14,15);5-7,15H,1-4H3;5-7H,1-4H3,(H,12,13,14);2-3H,1H3,(H2,8,9);2-4H,1H3,(H2,7,8);4-6H2,1-3H3;1-3H3;1H3,(H,3,4);1-2H/p+1. The van der Waals surface area contributed by atoms with Gasteiger partial charge in [0.05, 0.1) is 5.41 Å². The predicted octanol–water partition coefficient (Wildman–Crippen LogP) is 12.8. The molecule has 0 saturated carbocycles. The molecule has 11 N–H and O–H groups in total. The summed E-state index contributed by atoms with van der Waals surface area (Å²) < 4.78 is 0.899. The molecular formula is C58H93Cl3N11O9+. The molecule has 5 aromatic heterocycles. The van der Waals surface area contributed by atoms with E-state index < -0.39 is 16.8 Å². The summed E-state index contributed by atoms with van der Waals surface area (Å²) in [5, 5.41) is 37.6. The van der Waals surface area contributed by atoms with Gasteiger partial charge < -0.3 is 37.3 Å². The summed E-state index contributed by atoms with van der Waals surface area (Å²) >= 11 is 16.5. The zero-order valence-corrected chi connectivity index (χ0v) is 53.7. The van der Waals surface area contributed by atoms with Gasteiger partial charge in [-0.25, -0.2) is 30.0 Å². The van der Waals surface area contributed by atoms with Crippen LogP contribution < -0.4 is 32.1 Å². The topological polar surface area (TPSA) is 313 Å². The largest absolute Gasteiger partial charge is 0.481 e. The van der Waals surface area contributed by atoms with Crippen molar-refractivity contribution in [1.82, 2.24) is 24.8 Å². The number of aliphatic carboxylic acids is 1. The summed E-state index contributed by atoms with van der Waals surface area (Å²) in [6.45, 7) is 42.8. The zero-order valence-electron chi connectivity index (χ0n) is 51.4. The minimum absolute atomic E-state index is 0.0180. The number of hydrogen-bond donors (Lipinski definition) is 9. The number of amides is 3. The van der Waals surface area contributed by atoms with Crippen molar-refractivity contribution in [3.8, 4) is 0 Å². The van der Waals surface area contributed by atoms with Crippen LogP contribution in [0.25, 0.3) is 0 Å². The molecule has 0 aromatic carbocycles.